The average molecular weight is 354 g/mol. The molecule has 0 aliphatic heterocycles. The van der Waals surface area contributed by atoms with Crippen LogP contribution in [0, 0.1) is 20.8 Å². The fraction of sp³-hybridized carbons (Fsp3) is 0.211. The lowest BCUT2D eigenvalue weighted by Crippen LogP contribution is -2.21. The summed E-state index contributed by atoms with van der Waals surface area (Å²) in [6.07, 6.45) is 0. The van der Waals surface area contributed by atoms with Gasteiger partial charge in [-0.2, -0.15) is 0 Å². The molecule has 2 aromatic carbocycles. The number of ether oxygens (including phenoxy) is 1. The smallest absolute Gasteiger partial charge is 0.338 e. The third-order valence-corrected chi connectivity index (χ3v) is 4.69. The zero-order valence-electron chi connectivity index (χ0n) is 14.3. The molecular formula is C19H18N2O3S. The van der Waals surface area contributed by atoms with Crippen LogP contribution < -0.4 is 5.32 Å². The van der Waals surface area contributed by atoms with E-state index in [1.54, 1.807) is 12.1 Å². The minimum Gasteiger partial charge on any atom is -0.452 e. The summed E-state index contributed by atoms with van der Waals surface area (Å²) < 4.78 is 6.10. The van der Waals surface area contributed by atoms with Crippen LogP contribution in [0.15, 0.2) is 36.4 Å². The molecule has 0 bridgehead atoms. The Morgan fingerprint density at radius 1 is 1.12 bits per heavy atom. The molecule has 0 saturated carbocycles. The van der Waals surface area contributed by atoms with E-state index in [2.05, 4.69) is 16.4 Å². The van der Waals surface area contributed by atoms with E-state index in [9.17, 15) is 9.59 Å². The largest absolute Gasteiger partial charge is 0.452 e. The van der Waals surface area contributed by atoms with Crippen LogP contribution in [0.5, 0.6) is 0 Å². The topological polar surface area (TPSA) is 68.3 Å². The Morgan fingerprint density at radius 2 is 1.88 bits per heavy atom. The van der Waals surface area contributed by atoms with Gasteiger partial charge in [0, 0.05) is 0 Å². The van der Waals surface area contributed by atoms with Gasteiger partial charge < -0.3 is 4.74 Å². The number of carbonyl (C=O) groups excluding carboxylic acids is 2. The highest BCUT2D eigenvalue weighted by atomic mass is 32.1. The maximum absolute atomic E-state index is 12.0. The van der Waals surface area contributed by atoms with E-state index in [0.29, 0.717) is 10.7 Å². The Bertz CT molecular complexity index is 962. The van der Waals surface area contributed by atoms with Gasteiger partial charge in [0.15, 0.2) is 11.7 Å². The molecular weight excluding hydrogens is 336 g/mol. The van der Waals surface area contributed by atoms with Crippen molar-refractivity contribution >= 4 is 38.6 Å². The van der Waals surface area contributed by atoms with Gasteiger partial charge in [-0.3, -0.25) is 10.1 Å². The number of aryl methyl sites for hydroxylation is 3. The normalized spacial score (nSPS) is 10.7. The summed E-state index contributed by atoms with van der Waals surface area (Å²) in [6, 6.07) is 11.2. The zero-order valence-corrected chi connectivity index (χ0v) is 15.1. The van der Waals surface area contributed by atoms with Crippen molar-refractivity contribution in [1.29, 1.82) is 0 Å². The summed E-state index contributed by atoms with van der Waals surface area (Å²) in [6.45, 7) is 5.49. The predicted molar refractivity (Wildman–Crippen MR) is 99.2 cm³/mol. The fourth-order valence-electron chi connectivity index (χ4n) is 2.59. The molecule has 3 rings (SSSR count). The van der Waals surface area contributed by atoms with E-state index in [4.69, 9.17) is 4.74 Å². The van der Waals surface area contributed by atoms with Crippen molar-refractivity contribution in [3.8, 4) is 0 Å². The van der Waals surface area contributed by atoms with Gasteiger partial charge in [-0.05, 0) is 49.6 Å². The summed E-state index contributed by atoms with van der Waals surface area (Å²) in [5.41, 5.74) is 4.37. The van der Waals surface area contributed by atoms with Crippen LogP contribution in [0.1, 0.15) is 27.0 Å². The number of anilines is 1. The first kappa shape index (κ1) is 17.1. The Morgan fingerprint density at radius 3 is 2.64 bits per heavy atom. The minimum absolute atomic E-state index is 0.346. The van der Waals surface area contributed by atoms with E-state index in [-0.39, 0.29) is 6.61 Å². The Balaban J connectivity index is 1.64. The number of thiazole rings is 1. The minimum atomic E-state index is -0.510. The summed E-state index contributed by atoms with van der Waals surface area (Å²) >= 11 is 1.40. The van der Waals surface area contributed by atoms with Crippen LogP contribution >= 0.6 is 11.3 Å². The number of benzene rings is 2. The number of hydrogen-bond donors (Lipinski definition) is 1. The number of amides is 1. The van der Waals surface area contributed by atoms with E-state index >= 15 is 0 Å². The van der Waals surface area contributed by atoms with Crippen LogP contribution in [-0.4, -0.2) is 23.5 Å². The Hall–Kier alpha value is -2.73. The number of rotatable bonds is 4. The number of fused-ring (bicyclic) bond motifs is 1. The quantitative estimate of drug-likeness (QED) is 0.719. The second kappa shape index (κ2) is 7.03. The number of nitrogens with zero attached hydrogens (tertiary/aromatic N) is 1. The first-order chi connectivity index (χ1) is 11.9. The van der Waals surface area contributed by atoms with Gasteiger partial charge in [-0.15, -0.1) is 0 Å². The predicted octanol–water partition coefficient (Wildman–Crippen LogP) is 4.02. The SMILES string of the molecule is Cc1cc(C)c2nc(NC(=O)COC(=O)c3ccccc3C)sc2c1. The molecule has 0 saturated heterocycles. The third kappa shape index (κ3) is 3.85. The third-order valence-electron chi connectivity index (χ3n) is 3.78. The molecule has 1 heterocycles. The van der Waals surface area contributed by atoms with Crippen LogP contribution in [0.3, 0.4) is 0 Å². The first-order valence-electron chi connectivity index (χ1n) is 7.84. The standard InChI is InChI=1S/C19H18N2O3S/c1-11-8-13(3)17-15(9-11)25-19(21-17)20-16(22)10-24-18(23)14-7-5-4-6-12(14)2/h4-9H,10H2,1-3H3,(H,20,21,22). The molecule has 0 radical (unpaired) electrons. The van der Waals surface area contributed by atoms with Gasteiger partial charge in [0.25, 0.3) is 5.91 Å². The Labute approximate surface area is 149 Å². The summed E-state index contributed by atoms with van der Waals surface area (Å²) in [5, 5.41) is 3.19. The van der Waals surface area contributed by atoms with Gasteiger partial charge in [-0.25, -0.2) is 9.78 Å². The van der Waals surface area contributed by atoms with Crippen LogP contribution in [0.25, 0.3) is 10.2 Å². The molecule has 3 aromatic rings. The van der Waals surface area contributed by atoms with Crippen molar-refractivity contribution in [3.63, 3.8) is 0 Å². The molecule has 1 amide bonds. The highest BCUT2D eigenvalue weighted by Gasteiger charge is 2.14. The van der Waals surface area contributed by atoms with Crippen LogP contribution in [0.4, 0.5) is 5.13 Å². The second-order valence-corrected chi connectivity index (χ2v) is 6.92. The van der Waals surface area contributed by atoms with Gasteiger partial charge >= 0.3 is 5.97 Å². The first-order valence-corrected chi connectivity index (χ1v) is 8.66. The van der Waals surface area contributed by atoms with Gasteiger partial charge in [0.2, 0.25) is 0 Å². The molecule has 0 atom stereocenters. The van der Waals surface area contributed by atoms with Crippen molar-refractivity contribution in [2.75, 3.05) is 11.9 Å². The number of carbonyl (C=O) groups is 2. The lowest BCUT2D eigenvalue weighted by molar-refractivity contribution is -0.119. The molecule has 0 aliphatic carbocycles. The molecule has 6 heteroatoms. The molecule has 0 spiro atoms. The fourth-order valence-corrected chi connectivity index (χ4v) is 3.65. The lowest BCUT2D eigenvalue weighted by atomic mass is 10.1. The maximum atomic E-state index is 12.0. The van der Waals surface area contributed by atoms with Crippen molar-refractivity contribution < 1.29 is 14.3 Å². The van der Waals surface area contributed by atoms with E-state index in [1.807, 2.05) is 39.0 Å². The van der Waals surface area contributed by atoms with Crippen molar-refractivity contribution in [1.82, 2.24) is 4.98 Å². The molecule has 25 heavy (non-hydrogen) atoms. The monoisotopic (exact) mass is 354 g/mol. The van der Waals surface area contributed by atoms with Gasteiger partial charge in [-0.1, -0.05) is 35.6 Å². The Kier molecular flexibility index (Phi) is 4.81. The zero-order chi connectivity index (χ0) is 18.0. The number of esters is 1. The number of hydrogen-bond acceptors (Lipinski definition) is 5. The number of nitrogens with one attached hydrogen (secondary N) is 1. The summed E-state index contributed by atoms with van der Waals surface area (Å²) in [5.74, 6) is -0.917. The maximum Gasteiger partial charge on any atom is 0.338 e. The lowest BCUT2D eigenvalue weighted by Gasteiger charge is -2.06. The summed E-state index contributed by atoms with van der Waals surface area (Å²) in [4.78, 5) is 28.5. The molecule has 1 aromatic heterocycles. The van der Waals surface area contributed by atoms with E-state index < -0.39 is 11.9 Å². The molecule has 0 aliphatic rings. The molecule has 0 fully saturated rings. The average Bonchev–Trinajstić information content (AvgIpc) is 2.95. The van der Waals surface area contributed by atoms with Crippen molar-refractivity contribution in [3.05, 3.63) is 58.7 Å². The van der Waals surface area contributed by atoms with Gasteiger partial charge in [0.05, 0.1) is 15.8 Å². The number of aromatic nitrogens is 1. The highest BCUT2D eigenvalue weighted by molar-refractivity contribution is 7.22. The van der Waals surface area contributed by atoms with Crippen molar-refractivity contribution in [2.24, 2.45) is 0 Å². The van der Waals surface area contributed by atoms with Gasteiger partial charge in [0.1, 0.15) is 0 Å². The van der Waals surface area contributed by atoms with Crippen LogP contribution in [-0.2, 0) is 9.53 Å². The van der Waals surface area contributed by atoms with E-state index in [0.717, 1.165) is 26.9 Å². The molecule has 0 unspecified atom stereocenters. The molecule has 1 N–H and O–H groups in total. The van der Waals surface area contributed by atoms with E-state index in [1.165, 1.54) is 11.3 Å². The summed E-state index contributed by atoms with van der Waals surface area (Å²) in [7, 11) is 0. The van der Waals surface area contributed by atoms with Crippen molar-refractivity contribution in [2.45, 2.75) is 20.8 Å². The highest BCUT2D eigenvalue weighted by Crippen LogP contribution is 2.29. The molecule has 128 valence electrons. The second-order valence-electron chi connectivity index (χ2n) is 5.89. The molecule has 5 nitrogen and oxygen atoms in total. The van der Waals surface area contributed by atoms with Crippen LogP contribution in [0.2, 0.25) is 0 Å².